The molecule has 0 saturated carbocycles. The fourth-order valence-corrected chi connectivity index (χ4v) is 15.8. The molecular weight excluding hydrogens is 821 g/mol. The summed E-state index contributed by atoms with van der Waals surface area (Å²) in [5.74, 6) is 0.130. The summed E-state index contributed by atoms with van der Waals surface area (Å²) in [6, 6.07) is 6.09. The normalized spacial score (nSPS) is 22.6. The second-order valence-corrected chi connectivity index (χ2v) is 23.6. The van der Waals surface area contributed by atoms with E-state index in [0.717, 1.165) is 12.5 Å². The third kappa shape index (κ3) is 7.35. The van der Waals surface area contributed by atoms with E-state index < -0.39 is 60.3 Å². The van der Waals surface area contributed by atoms with Crippen LogP contribution in [0, 0.1) is 28.9 Å². The lowest BCUT2D eigenvalue weighted by Crippen LogP contribution is -2.56. The standard InChI is InChI=1S/C46H52F4N6O5Si/c1-26(2)62(27(3)4,28(5)6)17-12-32-35(48)11-10-29-18-31(61-25-59-7)19-33(37(29)32)38-36(49)20-34-40(39(38)50)51-44(60-24-45-13-8-16-56(45)22-30(47)21-45)52-41(34)55-15-9-14-46(23-55)42(57)53-43(58)54-46/h9-11,15,18-20,26-28,30H,8,13-14,16,21-25H2,1-7H3,(H2,53,54,57,58)/t30-,45+,46?/m1/s1. The second kappa shape index (κ2) is 16.5. The molecule has 1 spiro atoms. The number of hydrogen-bond donors (Lipinski definition) is 2. The Morgan fingerprint density at radius 3 is 2.45 bits per heavy atom. The number of anilines is 1. The summed E-state index contributed by atoms with van der Waals surface area (Å²) in [6.45, 7) is 13.6. The van der Waals surface area contributed by atoms with Crippen LogP contribution in [-0.4, -0.2) is 92.3 Å². The number of methoxy groups -OCH3 is 1. The molecule has 4 aliphatic heterocycles. The molecule has 16 heteroatoms. The van der Waals surface area contributed by atoms with E-state index >= 15 is 13.2 Å². The molecule has 2 N–H and O–H groups in total. The van der Waals surface area contributed by atoms with Gasteiger partial charge in [-0.1, -0.05) is 59.6 Å². The Bertz CT molecular complexity index is 2540. The molecule has 3 amide bonds. The Labute approximate surface area is 359 Å². The van der Waals surface area contributed by atoms with Crippen LogP contribution in [0.2, 0.25) is 16.6 Å². The van der Waals surface area contributed by atoms with Gasteiger partial charge in [-0.3, -0.25) is 15.0 Å². The van der Waals surface area contributed by atoms with Crippen molar-refractivity contribution < 1.29 is 41.4 Å². The maximum Gasteiger partial charge on any atom is 0.322 e. The highest BCUT2D eigenvalue weighted by Gasteiger charge is 2.50. The zero-order chi connectivity index (χ0) is 44.3. The number of urea groups is 1. The van der Waals surface area contributed by atoms with E-state index in [2.05, 4.69) is 78.5 Å². The summed E-state index contributed by atoms with van der Waals surface area (Å²) < 4.78 is 83.3. The van der Waals surface area contributed by atoms with Gasteiger partial charge >= 0.3 is 12.0 Å². The summed E-state index contributed by atoms with van der Waals surface area (Å²) in [4.78, 5) is 38.2. The van der Waals surface area contributed by atoms with Crippen molar-refractivity contribution in [2.24, 2.45) is 0 Å². The number of benzene rings is 3. The maximum absolute atomic E-state index is 17.8. The van der Waals surface area contributed by atoms with Crippen molar-refractivity contribution in [1.29, 1.82) is 0 Å². The van der Waals surface area contributed by atoms with Crippen molar-refractivity contribution >= 4 is 47.5 Å². The first-order valence-electron chi connectivity index (χ1n) is 21.2. The molecule has 3 saturated heterocycles. The third-order valence-corrected chi connectivity index (χ3v) is 19.8. The van der Waals surface area contributed by atoms with E-state index in [0.29, 0.717) is 18.4 Å². The molecule has 62 heavy (non-hydrogen) atoms. The lowest BCUT2D eigenvalue weighted by molar-refractivity contribution is -0.123. The molecule has 3 atom stereocenters. The van der Waals surface area contributed by atoms with Gasteiger partial charge in [0.05, 0.1) is 23.2 Å². The van der Waals surface area contributed by atoms with E-state index in [-0.39, 0.29) is 101 Å². The molecule has 3 aromatic carbocycles. The molecule has 8 rings (SSSR count). The monoisotopic (exact) mass is 872 g/mol. The summed E-state index contributed by atoms with van der Waals surface area (Å²) >= 11 is 0. The van der Waals surface area contributed by atoms with Gasteiger partial charge in [-0.2, -0.15) is 9.97 Å². The van der Waals surface area contributed by atoms with Crippen molar-refractivity contribution in [2.45, 2.75) is 101 Å². The molecule has 0 bridgehead atoms. The highest BCUT2D eigenvalue weighted by Crippen LogP contribution is 2.45. The smallest absolute Gasteiger partial charge is 0.322 e. The lowest BCUT2D eigenvalue weighted by Gasteiger charge is -2.38. The van der Waals surface area contributed by atoms with Crippen molar-refractivity contribution in [1.82, 2.24) is 25.5 Å². The summed E-state index contributed by atoms with van der Waals surface area (Å²) in [5.41, 5.74) is 1.44. The van der Waals surface area contributed by atoms with Gasteiger partial charge in [-0.25, -0.2) is 22.4 Å². The fourth-order valence-electron chi connectivity index (χ4n) is 10.6. The van der Waals surface area contributed by atoms with E-state index in [1.54, 1.807) is 18.3 Å². The Kier molecular flexibility index (Phi) is 11.5. The summed E-state index contributed by atoms with van der Waals surface area (Å²) in [7, 11) is -0.972. The molecular formula is C46H52F4N6O5Si. The first-order chi connectivity index (χ1) is 29.5. The molecule has 11 nitrogen and oxygen atoms in total. The second-order valence-electron chi connectivity index (χ2n) is 18.0. The van der Waals surface area contributed by atoms with Gasteiger partial charge in [0.2, 0.25) is 0 Å². The molecule has 5 heterocycles. The Balaban J connectivity index is 1.35. The first kappa shape index (κ1) is 43.4. The Morgan fingerprint density at radius 1 is 1.00 bits per heavy atom. The van der Waals surface area contributed by atoms with Crippen LogP contribution in [-0.2, 0) is 9.53 Å². The molecule has 4 aliphatic rings. The van der Waals surface area contributed by atoms with Crippen LogP contribution in [0.15, 0.2) is 42.6 Å². The van der Waals surface area contributed by atoms with E-state index in [1.165, 1.54) is 30.2 Å². The third-order valence-electron chi connectivity index (χ3n) is 13.5. The highest BCUT2D eigenvalue weighted by molar-refractivity contribution is 6.90. The van der Waals surface area contributed by atoms with Crippen LogP contribution in [0.3, 0.4) is 0 Å². The van der Waals surface area contributed by atoms with Crippen LogP contribution in [0.4, 0.5) is 28.2 Å². The summed E-state index contributed by atoms with van der Waals surface area (Å²) in [5, 5.41) is 5.53. The zero-order valence-corrected chi connectivity index (χ0v) is 37.1. The number of nitrogens with zero attached hydrogens (tertiary/aromatic N) is 4. The van der Waals surface area contributed by atoms with Crippen LogP contribution >= 0.6 is 0 Å². The lowest BCUT2D eigenvalue weighted by atomic mass is 9.91. The van der Waals surface area contributed by atoms with Crippen molar-refractivity contribution in [2.75, 3.05) is 45.0 Å². The van der Waals surface area contributed by atoms with Gasteiger partial charge < -0.3 is 24.4 Å². The average Bonchev–Trinajstić information content (AvgIpc) is 3.84. The number of fused-ring (bicyclic) bond motifs is 3. The molecule has 3 fully saturated rings. The van der Waals surface area contributed by atoms with E-state index in [4.69, 9.17) is 14.2 Å². The Morgan fingerprint density at radius 2 is 1.76 bits per heavy atom. The number of carbonyl (C=O) groups is 2. The average molecular weight is 873 g/mol. The van der Waals surface area contributed by atoms with E-state index in [9.17, 15) is 14.0 Å². The number of amides is 3. The molecule has 1 aromatic heterocycles. The van der Waals surface area contributed by atoms with Crippen LogP contribution in [0.5, 0.6) is 11.8 Å². The molecule has 1 unspecified atom stereocenters. The number of nitrogens with one attached hydrogen (secondary N) is 2. The molecule has 0 aliphatic carbocycles. The number of aromatic nitrogens is 2. The zero-order valence-electron chi connectivity index (χ0n) is 36.1. The number of imide groups is 1. The van der Waals surface area contributed by atoms with Crippen molar-refractivity contribution in [3.63, 3.8) is 0 Å². The summed E-state index contributed by atoms with van der Waals surface area (Å²) in [6.07, 6.45) is 4.21. The highest BCUT2D eigenvalue weighted by atomic mass is 28.3. The number of carbonyl (C=O) groups excluding carboxylic acids is 2. The van der Waals surface area contributed by atoms with Gasteiger partial charge in [0, 0.05) is 49.0 Å². The van der Waals surface area contributed by atoms with Crippen molar-refractivity contribution in [3.8, 4) is 34.4 Å². The van der Waals surface area contributed by atoms with Crippen molar-refractivity contribution in [3.05, 3.63) is 65.6 Å². The predicted molar refractivity (Wildman–Crippen MR) is 232 cm³/mol. The molecule has 0 radical (unpaired) electrons. The van der Waals surface area contributed by atoms with Crippen LogP contribution in [0.1, 0.15) is 72.8 Å². The number of hydrogen-bond acceptors (Lipinski definition) is 9. The Hall–Kier alpha value is -5.24. The van der Waals surface area contributed by atoms with Gasteiger partial charge in [0.25, 0.3) is 5.91 Å². The maximum atomic E-state index is 17.8. The number of halogens is 4. The number of rotatable bonds is 11. The molecule has 4 aromatic rings. The van der Waals surface area contributed by atoms with Gasteiger partial charge in [-0.15, -0.1) is 5.54 Å². The van der Waals surface area contributed by atoms with Gasteiger partial charge in [0.1, 0.15) is 55.1 Å². The van der Waals surface area contributed by atoms with Gasteiger partial charge in [0.15, 0.2) is 12.6 Å². The topological polar surface area (TPSA) is 118 Å². The van der Waals surface area contributed by atoms with E-state index in [1.807, 2.05) is 0 Å². The quantitative estimate of drug-likeness (QED) is 0.0502. The van der Waals surface area contributed by atoms with Crippen LogP contribution in [0.25, 0.3) is 32.8 Å². The minimum absolute atomic E-state index is 0.00431. The van der Waals surface area contributed by atoms with Gasteiger partial charge in [-0.05, 0) is 65.7 Å². The first-order valence-corrected chi connectivity index (χ1v) is 23.5. The minimum Gasteiger partial charge on any atom is -0.468 e. The molecule has 328 valence electrons. The SMILES string of the molecule is COCOc1cc(-c2c(F)cc3c(N4C=CCC5(C4)NC(=O)NC5=O)nc(OC[C@@]45CCCN4C[C@H](F)C5)nc3c2F)c2c(C#C[Si](C(C)C)(C(C)C)C(C)C)c(F)ccc2c1. The number of alkyl halides is 1. The predicted octanol–water partition coefficient (Wildman–Crippen LogP) is 8.68. The largest absolute Gasteiger partial charge is 0.468 e. The minimum atomic E-state index is -2.41. The van der Waals surface area contributed by atoms with Crippen LogP contribution < -0.4 is 25.0 Å². The fraction of sp³-hybridized carbons (Fsp3) is 0.478. The number of ether oxygens (including phenoxy) is 3.